The Bertz CT molecular complexity index is 1790. The number of halogens is 2. The SMILES string of the molecule is COc1cccc([C@H]2OC(c3ccc(OCCCO)cc3)=N[C@@]2(Cc2ccccc2CN=[N+]=[N-])C(=O)NCCc2cc(F)cc(F)c2)c1. The molecule has 0 saturated heterocycles. The summed E-state index contributed by atoms with van der Waals surface area (Å²) in [5.74, 6) is -0.499. The van der Waals surface area contributed by atoms with Crippen molar-refractivity contribution in [2.45, 2.75) is 37.5 Å². The number of carbonyl (C=O) groups excluding carboxylic acids is 1. The minimum atomic E-state index is -1.57. The normalized spacial score (nSPS) is 16.8. The Balaban J connectivity index is 1.57. The second-order valence-electron chi connectivity index (χ2n) is 11.2. The van der Waals surface area contributed by atoms with Gasteiger partial charge in [-0.1, -0.05) is 41.5 Å². The summed E-state index contributed by atoms with van der Waals surface area (Å²) in [5.41, 5.74) is 10.5. The maximum Gasteiger partial charge on any atom is 0.252 e. The van der Waals surface area contributed by atoms with Gasteiger partial charge in [0.05, 0.1) is 20.3 Å². The van der Waals surface area contributed by atoms with Gasteiger partial charge in [-0.25, -0.2) is 13.8 Å². The molecule has 2 N–H and O–H groups in total. The summed E-state index contributed by atoms with van der Waals surface area (Å²) in [6, 6.07) is 24.8. The fourth-order valence-corrected chi connectivity index (χ4v) is 5.60. The average molecular weight is 656 g/mol. The number of hydrogen-bond acceptors (Lipinski definition) is 7. The van der Waals surface area contributed by atoms with Crippen LogP contribution in [0.4, 0.5) is 8.78 Å². The van der Waals surface area contributed by atoms with Crippen molar-refractivity contribution in [3.63, 3.8) is 0 Å². The van der Waals surface area contributed by atoms with Gasteiger partial charge in [-0.15, -0.1) is 0 Å². The lowest BCUT2D eigenvalue weighted by atomic mass is 9.80. The van der Waals surface area contributed by atoms with E-state index >= 15 is 0 Å². The summed E-state index contributed by atoms with van der Waals surface area (Å²) < 4.78 is 45.5. The first kappa shape index (κ1) is 33.9. The number of amides is 1. The Hall–Kier alpha value is -5.45. The van der Waals surface area contributed by atoms with E-state index in [1.54, 1.807) is 49.6 Å². The zero-order valence-corrected chi connectivity index (χ0v) is 26.3. The van der Waals surface area contributed by atoms with Crippen LogP contribution in [-0.2, 0) is 28.9 Å². The van der Waals surface area contributed by atoms with Crippen molar-refractivity contribution in [3.8, 4) is 11.5 Å². The quantitative estimate of drug-likeness (QED) is 0.0661. The number of hydrogen-bond donors (Lipinski definition) is 2. The number of azide groups is 1. The van der Waals surface area contributed by atoms with E-state index in [2.05, 4.69) is 15.3 Å². The maximum atomic E-state index is 14.5. The molecule has 1 aliphatic heterocycles. The van der Waals surface area contributed by atoms with Crippen LogP contribution >= 0.6 is 0 Å². The van der Waals surface area contributed by atoms with Crippen LogP contribution in [0.15, 0.2) is 101 Å². The minimum Gasteiger partial charge on any atom is -0.497 e. The number of aliphatic hydroxyl groups excluding tert-OH is 1. The lowest BCUT2D eigenvalue weighted by Gasteiger charge is -2.31. The molecule has 1 aliphatic rings. The summed E-state index contributed by atoms with van der Waals surface area (Å²) >= 11 is 0. The van der Waals surface area contributed by atoms with Gasteiger partial charge in [0.25, 0.3) is 5.91 Å². The number of carbonyl (C=O) groups is 1. The van der Waals surface area contributed by atoms with Crippen LogP contribution in [0.3, 0.4) is 0 Å². The van der Waals surface area contributed by atoms with Crippen LogP contribution in [-0.4, -0.2) is 49.3 Å². The Labute approximate surface area is 276 Å². The fourth-order valence-electron chi connectivity index (χ4n) is 5.60. The number of aliphatic imine (C=N–C) groups is 1. The summed E-state index contributed by atoms with van der Waals surface area (Å²) in [7, 11) is 1.54. The van der Waals surface area contributed by atoms with Gasteiger partial charge in [-0.2, -0.15) is 0 Å². The van der Waals surface area contributed by atoms with Gasteiger partial charge in [-0.3, -0.25) is 4.79 Å². The molecule has 10 nitrogen and oxygen atoms in total. The van der Waals surface area contributed by atoms with Gasteiger partial charge < -0.3 is 24.6 Å². The number of benzene rings is 4. The van der Waals surface area contributed by atoms with E-state index in [4.69, 9.17) is 29.8 Å². The molecular weight excluding hydrogens is 620 g/mol. The molecule has 4 aromatic rings. The molecule has 248 valence electrons. The molecule has 0 bridgehead atoms. The summed E-state index contributed by atoms with van der Waals surface area (Å²) in [5, 5.41) is 15.8. The Morgan fingerprint density at radius 2 is 1.77 bits per heavy atom. The molecule has 0 fully saturated rings. The summed E-state index contributed by atoms with van der Waals surface area (Å²) in [6.45, 7) is 0.504. The minimum absolute atomic E-state index is 0.0175. The molecule has 0 aromatic heterocycles. The van der Waals surface area contributed by atoms with E-state index in [-0.39, 0.29) is 38.4 Å². The molecule has 1 heterocycles. The molecule has 0 saturated carbocycles. The highest BCUT2D eigenvalue weighted by Crippen LogP contribution is 2.43. The first-order chi connectivity index (χ1) is 23.3. The Morgan fingerprint density at radius 3 is 2.48 bits per heavy atom. The number of nitrogens with one attached hydrogen (secondary N) is 1. The standard InChI is InChI=1S/C36H35F2N5O5/c1-46-32-9-4-8-26(20-32)33-36(22-27-6-2-3-7-28(27)23-41-43-39,35(45)40-15-14-24-18-29(37)21-30(38)19-24)42-34(48-33)25-10-12-31(13-11-25)47-17-5-16-44/h2-4,6-13,18-21,33,44H,5,14-17,22-23H2,1H3,(H,40,45)/t33-,36-/m1/s1. The third-order valence-corrected chi connectivity index (χ3v) is 7.93. The Kier molecular flexibility index (Phi) is 11.2. The van der Waals surface area contributed by atoms with E-state index in [0.717, 1.165) is 17.2 Å². The molecule has 1 amide bonds. The van der Waals surface area contributed by atoms with Crippen molar-refractivity contribution in [2.75, 3.05) is 26.9 Å². The predicted octanol–water partition coefficient (Wildman–Crippen LogP) is 6.40. The third-order valence-electron chi connectivity index (χ3n) is 7.93. The van der Waals surface area contributed by atoms with Crippen molar-refractivity contribution < 1.29 is 32.9 Å². The van der Waals surface area contributed by atoms with Gasteiger partial charge >= 0.3 is 0 Å². The number of methoxy groups -OCH3 is 1. The van der Waals surface area contributed by atoms with Gasteiger partial charge in [0, 0.05) is 42.5 Å². The van der Waals surface area contributed by atoms with E-state index in [1.807, 2.05) is 30.3 Å². The number of rotatable bonds is 15. The highest BCUT2D eigenvalue weighted by Gasteiger charge is 2.53. The monoisotopic (exact) mass is 655 g/mol. The molecule has 0 aliphatic carbocycles. The zero-order chi connectivity index (χ0) is 33.9. The second-order valence-corrected chi connectivity index (χ2v) is 11.2. The lowest BCUT2D eigenvalue weighted by Crippen LogP contribution is -2.50. The smallest absolute Gasteiger partial charge is 0.252 e. The second kappa shape index (κ2) is 15.9. The van der Waals surface area contributed by atoms with Gasteiger partial charge in [-0.05, 0) is 82.7 Å². The molecule has 12 heteroatoms. The first-order valence-corrected chi connectivity index (χ1v) is 15.4. The highest BCUT2D eigenvalue weighted by molar-refractivity contribution is 6.01. The molecule has 48 heavy (non-hydrogen) atoms. The van der Waals surface area contributed by atoms with Crippen LogP contribution in [0.2, 0.25) is 0 Å². The number of nitrogens with zero attached hydrogens (tertiary/aromatic N) is 4. The molecule has 5 rings (SSSR count). The van der Waals surface area contributed by atoms with Crippen LogP contribution < -0.4 is 14.8 Å². The largest absolute Gasteiger partial charge is 0.497 e. The molecule has 0 spiro atoms. The Morgan fingerprint density at radius 1 is 1.02 bits per heavy atom. The van der Waals surface area contributed by atoms with Crippen molar-refractivity contribution in [1.82, 2.24) is 5.32 Å². The van der Waals surface area contributed by atoms with Gasteiger partial charge in [0.1, 0.15) is 23.1 Å². The molecule has 2 atom stereocenters. The summed E-state index contributed by atoms with van der Waals surface area (Å²) in [4.78, 5) is 22.5. The molecular formula is C36H35F2N5O5. The van der Waals surface area contributed by atoms with E-state index < -0.39 is 29.2 Å². The topological polar surface area (TPSA) is 138 Å². The predicted molar refractivity (Wildman–Crippen MR) is 176 cm³/mol. The molecule has 4 aromatic carbocycles. The van der Waals surface area contributed by atoms with Crippen molar-refractivity contribution in [2.24, 2.45) is 10.1 Å². The number of aliphatic hydroxyl groups is 1. The van der Waals surface area contributed by atoms with Crippen LogP contribution in [0, 0.1) is 11.6 Å². The van der Waals surface area contributed by atoms with E-state index in [9.17, 15) is 13.6 Å². The van der Waals surface area contributed by atoms with Crippen LogP contribution in [0.25, 0.3) is 10.4 Å². The van der Waals surface area contributed by atoms with Crippen LogP contribution in [0.5, 0.6) is 11.5 Å². The molecule has 0 unspecified atom stereocenters. The summed E-state index contributed by atoms with van der Waals surface area (Å²) in [6.07, 6.45) is -0.198. The fraction of sp³-hybridized carbons (Fsp3) is 0.278. The third kappa shape index (κ3) is 8.09. The van der Waals surface area contributed by atoms with Crippen molar-refractivity contribution in [1.29, 1.82) is 0 Å². The van der Waals surface area contributed by atoms with Crippen molar-refractivity contribution in [3.05, 3.63) is 141 Å². The lowest BCUT2D eigenvalue weighted by molar-refractivity contribution is -0.128. The van der Waals surface area contributed by atoms with Crippen LogP contribution in [0.1, 0.15) is 40.3 Å². The van der Waals surface area contributed by atoms with E-state index in [1.165, 1.54) is 12.1 Å². The highest BCUT2D eigenvalue weighted by atomic mass is 19.1. The zero-order valence-electron chi connectivity index (χ0n) is 26.3. The first-order valence-electron chi connectivity index (χ1n) is 15.4. The van der Waals surface area contributed by atoms with Crippen molar-refractivity contribution >= 4 is 11.8 Å². The maximum absolute atomic E-state index is 14.5. The average Bonchev–Trinajstić information content (AvgIpc) is 3.48. The van der Waals surface area contributed by atoms with E-state index in [0.29, 0.717) is 41.2 Å². The van der Waals surface area contributed by atoms with Gasteiger partial charge in [0.2, 0.25) is 5.90 Å². The number of ether oxygens (including phenoxy) is 3. The molecule has 0 radical (unpaired) electrons. The van der Waals surface area contributed by atoms with Gasteiger partial charge in [0.15, 0.2) is 11.6 Å².